The molecule has 4 aromatic rings. The molecule has 0 unspecified atom stereocenters. The summed E-state index contributed by atoms with van der Waals surface area (Å²) in [5, 5.41) is 41.0. The Bertz CT molecular complexity index is 1090. The first-order valence-corrected chi connectivity index (χ1v) is 10.1. The fraction of sp³-hybridized carbons (Fsp3) is 0.111. The van der Waals surface area contributed by atoms with Gasteiger partial charge in [-0.15, -0.1) is 0 Å². The van der Waals surface area contributed by atoms with Gasteiger partial charge >= 0.3 is 0 Å². The van der Waals surface area contributed by atoms with E-state index in [1.165, 1.54) is 0 Å². The maximum absolute atomic E-state index is 10.7. The molecule has 0 bridgehead atoms. The zero-order valence-electron chi connectivity index (χ0n) is 17.0. The van der Waals surface area contributed by atoms with Crippen molar-refractivity contribution in [3.8, 4) is 33.8 Å². The van der Waals surface area contributed by atoms with Gasteiger partial charge in [0.2, 0.25) is 0 Å². The quantitative estimate of drug-likeness (QED) is 0.359. The van der Waals surface area contributed by atoms with Crippen LogP contribution < -0.4 is 0 Å². The Morgan fingerprint density at radius 3 is 1.16 bits per heavy atom. The highest BCUT2D eigenvalue weighted by atomic mass is 16.3. The van der Waals surface area contributed by atoms with E-state index in [0.29, 0.717) is 22.3 Å². The molecular formula is C27H24O4. The third-order valence-corrected chi connectivity index (χ3v) is 5.47. The molecule has 0 saturated heterocycles. The van der Waals surface area contributed by atoms with Crippen LogP contribution >= 0.6 is 0 Å². The SMILES string of the molecule is OCc1cc(-c2ccccc2)cc(Cc2cc(-c3ccccc3)cc(CO)c2O)c1O. The van der Waals surface area contributed by atoms with E-state index in [1.807, 2.05) is 72.8 Å². The minimum absolute atomic E-state index is 0.0113. The normalized spacial score (nSPS) is 10.9. The average Bonchev–Trinajstić information content (AvgIpc) is 2.82. The molecule has 0 saturated carbocycles. The van der Waals surface area contributed by atoms with Crippen LogP contribution in [0.4, 0.5) is 0 Å². The lowest BCUT2D eigenvalue weighted by atomic mass is 9.92. The van der Waals surface area contributed by atoms with Crippen LogP contribution in [0.25, 0.3) is 22.3 Å². The molecular weight excluding hydrogens is 388 g/mol. The van der Waals surface area contributed by atoms with Gasteiger partial charge in [0.15, 0.2) is 0 Å². The summed E-state index contributed by atoms with van der Waals surface area (Å²) in [6.45, 7) is -0.588. The summed E-state index contributed by atoms with van der Waals surface area (Å²) in [4.78, 5) is 0. The van der Waals surface area contributed by atoms with Crippen molar-refractivity contribution in [1.29, 1.82) is 0 Å². The summed E-state index contributed by atoms with van der Waals surface area (Å²) < 4.78 is 0. The molecule has 0 spiro atoms. The molecule has 4 heteroatoms. The van der Waals surface area contributed by atoms with E-state index < -0.39 is 0 Å². The van der Waals surface area contributed by atoms with E-state index in [9.17, 15) is 20.4 Å². The van der Waals surface area contributed by atoms with Crippen molar-refractivity contribution in [3.05, 3.63) is 107 Å². The molecule has 4 nitrogen and oxygen atoms in total. The molecule has 0 aliphatic heterocycles. The number of hydrogen-bond acceptors (Lipinski definition) is 4. The van der Waals surface area contributed by atoms with Gasteiger partial charge < -0.3 is 20.4 Å². The molecule has 0 aliphatic rings. The Balaban J connectivity index is 1.82. The first-order valence-electron chi connectivity index (χ1n) is 10.1. The van der Waals surface area contributed by atoms with Crippen molar-refractivity contribution < 1.29 is 20.4 Å². The highest BCUT2D eigenvalue weighted by Crippen LogP contribution is 2.36. The molecule has 0 aromatic heterocycles. The second-order valence-corrected chi connectivity index (χ2v) is 7.51. The van der Waals surface area contributed by atoms with E-state index in [4.69, 9.17) is 0 Å². The van der Waals surface area contributed by atoms with Crippen LogP contribution in [0.5, 0.6) is 11.5 Å². The predicted molar refractivity (Wildman–Crippen MR) is 122 cm³/mol. The van der Waals surface area contributed by atoms with Crippen LogP contribution in [0.1, 0.15) is 22.3 Å². The highest BCUT2D eigenvalue weighted by molar-refractivity contribution is 5.70. The van der Waals surface area contributed by atoms with Crippen LogP contribution in [0, 0.1) is 0 Å². The second-order valence-electron chi connectivity index (χ2n) is 7.51. The van der Waals surface area contributed by atoms with Crippen LogP contribution in [0.15, 0.2) is 84.9 Å². The Morgan fingerprint density at radius 1 is 0.452 bits per heavy atom. The predicted octanol–water partition coefficient (Wildman–Crippen LogP) is 5.01. The topological polar surface area (TPSA) is 80.9 Å². The minimum Gasteiger partial charge on any atom is -0.507 e. The number of benzene rings is 4. The first kappa shape index (κ1) is 20.7. The number of aliphatic hydroxyl groups is 2. The molecule has 4 rings (SSSR count). The van der Waals surface area contributed by atoms with Crippen LogP contribution in [-0.2, 0) is 19.6 Å². The first-order chi connectivity index (χ1) is 15.1. The van der Waals surface area contributed by atoms with Gasteiger partial charge in [0.1, 0.15) is 11.5 Å². The maximum Gasteiger partial charge on any atom is 0.124 e. The third kappa shape index (κ3) is 4.31. The zero-order chi connectivity index (χ0) is 21.8. The van der Waals surface area contributed by atoms with E-state index in [0.717, 1.165) is 22.3 Å². The summed E-state index contributed by atoms with van der Waals surface area (Å²) in [6, 6.07) is 26.8. The van der Waals surface area contributed by atoms with E-state index >= 15 is 0 Å². The monoisotopic (exact) mass is 412 g/mol. The van der Waals surface area contributed by atoms with Crippen LogP contribution in [0.3, 0.4) is 0 Å². The highest BCUT2D eigenvalue weighted by Gasteiger charge is 2.16. The van der Waals surface area contributed by atoms with Crippen molar-refractivity contribution in [2.75, 3.05) is 0 Å². The number of aliphatic hydroxyl groups excluding tert-OH is 2. The Labute approximate surface area is 181 Å². The minimum atomic E-state index is -0.294. The summed E-state index contributed by atoms with van der Waals surface area (Å²) in [5.41, 5.74) is 5.73. The number of phenols is 2. The Hall–Kier alpha value is -3.60. The molecule has 0 radical (unpaired) electrons. The van der Waals surface area contributed by atoms with E-state index in [2.05, 4.69) is 0 Å². The van der Waals surface area contributed by atoms with Gasteiger partial charge in [0.05, 0.1) is 13.2 Å². The molecule has 4 N–H and O–H groups in total. The van der Waals surface area contributed by atoms with Crippen molar-refractivity contribution in [1.82, 2.24) is 0 Å². The van der Waals surface area contributed by atoms with Crippen molar-refractivity contribution in [3.63, 3.8) is 0 Å². The lowest BCUT2D eigenvalue weighted by Gasteiger charge is -2.16. The van der Waals surface area contributed by atoms with Gasteiger partial charge in [-0.25, -0.2) is 0 Å². The van der Waals surface area contributed by atoms with Crippen molar-refractivity contribution >= 4 is 0 Å². The Kier molecular flexibility index (Phi) is 6.03. The van der Waals surface area contributed by atoms with Crippen molar-refractivity contribution in [2.45, 2.75) is 19.6 Å². The van der Waals surface area contributed by atoms with Gasteiger partial charge in [0, 0.05) is 17.5 Å². The van der Waals surface area contributed by atoms with Crippen LogP contribution in [0.2, 0.25) is 0 Å². The van der Waals surface area contributed by atoms with Gasteiger partial charge in [-0.05, 0) is 57.6 Å². The zero-order valence-corrected chi connectivity index (χ0v) is 17.0. The summed E-state index contributed by atoms with van der Waals surface area (Å²) in [6.07, 6.45) is 0.249. The van der Waals surface area contributed by atoms with Crippen molar-refractivity contribution in [2.24, 2.45) is 0 Å². The summed E-state index contributed by atoms with van der Waals surface area (Å²) in [7, 11) is 0. The summed E-state index contributed by atoms with van der Waals surface area (Å²) in [5.74, 6) is 0.0227. The van der Waals surface area contributed by atoms with Crippen LogP contribution in [-0.4, -0.2) is 20.4 Å². The van der Waals surface area contributed by atoms with Gasteiger partial charge in [0.25, 0.3) is 0 Å². The molecule has 0 heterocycles. The van der Waals surface area contributed by atoms with E-state index in [1.54, 1.807) is 12.1 Å². The van der Waals surface area contributed by atoms with Gasteiger partial charge in [-0.2, -0.15) is 0 Å². The standard InChI is InChI=1S/C27H24O4/c28-16-24-13-20(18-7-3-1-4-8-18)11-22(26(24)30)15-23-12-21(14-25(17-29)27(23)31)19-9-5-2-6-10-19/h1-14,28-31H,15-17H2. The van der Waals surface area contributed by atoms with Gasteiger partial charge in [-0.3, -0.25) is 0 Å². The smallest absolute Gasteiger partial charge is 0.124 e. The largest absolute Gasteiger partial charge is 0.507 e. The Morgan fingerprint density at radius 2 is 0.806 bits per heavy atom. The molecule has 0 aliphatic carbocycles. The lowest BCUT2D eigenvalue weighted by Crippen LogP contribution is -1.98. The number of hydrogen-bond donors (Lipinski definition) is 4. The second kappa shape index (κ2) is 9.04. The molecule has 4 aromatic carbocycles. The summed E-state index contributed by atoms with van der Waals surface area (Å²) >= 11 is 0. The number of rotatable bonds is 6. The molecule has 0 atom stereocenters. The fourth-order valence-corrected chi connectivity index (χ4v) is 3.83. The average molecular weight is 412 g/mol. The molecule has 0 amide bonds. The van der Waals surface area contributed by atoms with E-state index in [-0.39, 0.29) is 31.1 Å². The maximum atomic E-state index is 10.7. The third-order valence-electron chi connectivity index (χ3n) is 5.47. The molecule has 31 heavy (non-hydrogen) atoms. The molecule has 156 valence electrons. The fourth-order valence-electron chi connectivity index (χ4n) is 3.83. The number of aromatic hydroxyl groups is 2. The lowest BCUT2D eigenvalue weighted by molar-refractivity contribution is 0.275. The molecule has 0 fully saturated rings. The van der Waals surface area contributed by atoms with Gasteiger partial charge in [-0.1, -0.05) is 60.7 Å².